The maximum atomic E-state index is 11.9. The van der Waals surface area contributed by atoms with Crippen molar-refractivity contribution in [3.8, 4) is 0 Å². The second-order valence-electron chi connectivity index (χ2n) is 4.93. The molecule has 1 heterocycles. The first kappa shape index (κ1) is 14.5. The Hall–Kier alpha value is -1.88. The van der Waals surface area contributed by atoms with Crippen molar-refractivity contribution >= 4 is 11.8 Å². The molecule has 1 fully saturated rings. The molecule has 1 N–H and O–H groups in total. The summed E-state index contributed by atoms with van der Waals surface area (Å²) in [5.41, 5.74) is 2.11. The van der Waals surface area contributed by atoms with Crippen LogP contribution >= 0.6 is 0 Å². The highest BCUT2D eigenvalue weighted by Crippen LogP contribution is 2.03. The lowest BCUT2D eigenvalue weighted by atomic mass is 10.1. The molecule has 1 aromatic carbocycles. The molecule has 0 aromatic heterocycles. The van der Waals surface area contributed by atoms with Crippen molar-refractivity contribution in [3.63, 3.8) is 0 Å². The van der Waals surface area contributed by atoms with Gasteiger partial charge in [-0.05, 0) is 12.5 Å². The lowest BCUT2D eigenvalue weighted by molar-refractivity contribution is -0.136. The number of amides is 2. The number of ether oxygens (including phenoxy) is 1. The summed E-state index contributed by atoms with van der Waals surface area (Å²) in [7, 11) is 0. The Morgan fingerprint density at radius 2 is 1.85 bits per heavy atom. The summed E-state index contributed by atoms with van der Waals surface area (Å²) < 4.78 is 5.18. The highest BCUT2D eigenvalue weighted by molar-refractivity contribution is 5.85. The van der Waals surface area contributed by atoms with Gasteiger partial charge in [0, 0.05) is 13.1 Å². The van der Waals surface area contributed by atoms with Crippen LogP contribution in [-0.4, -0.2) is 49.6 Å². The number of carbonyl (C=O) groups excluding carboxylic acids is 2. The van der Waals surface area contributed by atoms with E-state index in [1.54, 1.807) is 4.90 Å². The molecule has 5 nitrogen and oxygen atoms in total. The van der Waals surface area contributed by atoms with Gasteiger partial charge in [-0.25, -0.2) is 0 Å². The summed E-state index contributed by atoms with van der Waals surface area (Å²) in [6, 6.07) is 7.81. The minimum atomic E-state index is -0.129. The van der Waals surface area contributed by atoms with E-state index in [2.05, 4.69) is 5.32 Å². The van der Waals surface area contributed by atoms with Crippen LogP contribution in [-0.2, 0) is 20.7 Å². The van der Waals surface area contributed by atoms with Crippen LogP contribution in [0.5, 0.6) is 0 Å². The molecular formula is C15H20N2O3. The van der Waals surface area contributed by atoms with E-state index in [-0.39, 0.29) is 18.4 Å². The maximum absolute atomic E-state index is 11.9. The van der Waals surface area contributed by atoms with Gasteiger partial charge in [0.05, 0.1) is 26.2 Å². The maximum Gasteiger partial charge on any atom is 0.242 e. The van der Waals surface area contributed by atoms with Crippen LogP contribution in [0.2, 0.25) is 0 Å². The van der Waals surface area contributed by atoms with E-state index < -0.39 is 0 Å². The van der Waals surface area contributed by atoms with E-state index in [1.165, 1.54) is 0 Å². The Labute approximate surface area is 118 Å². The quantitative estimate of drug-likeness (QED) is 0.872. The summed E-state index contributed by atoms with van der Waals surface area (Å²) >= 11 is 0. The zero-order valence-corrected chi connectivity index (χ0v) is 11.7. The molecule has 0 spiro atoms. The molecule has 2 amide bonds. The van der Waals surface area contributed by atoms with Crippen LogP contribution in [0, 0.1) is 6.92 Å². The summed E-state index contributed by atoms with van der Waals surface area (Å²) in [5.74, 6) is -0.180. The predicted octanol–water partition coefficient (Wildman–Crippen LogP) is 0.513. The van der Waals surface area contributed by atoms with Crippen molar-refractivity contribution in [1.82, 2.24) is 10.2 Å². The van der Waals surface area contributed by atoms with E-state index >= 15 is 0 Å². The fraction of sp³-hybridized carbons (Fsp3) is 0.467. The molecule has 2 rings (SSSR count). The molecule has 1 aliphatic rings. The van der Waals surface area contributed by atoms with Gasteiger partial charge in [-0.15, -0.1) is 0 Å². The molecule has 108 valence electrons. The first-order valence-corrected chi connectivity index (χ1v) is 6.83. The predicted molar refractivity (Wildman–Crippen MR) is 75.3 cm³/mol. The molecule has 1 aromatic rings. The molecule has 5 heteroatoms. The third kappa shape index (κ3) is 4.35. The Kier molecular flexibility index (Phi) is 5.12. The summed E-state index contributed by atoms with van der Waals surface area (Å²) in [6.45, 7) is 4.42. The zero-order chi connectivity index (χ0) is 14.4. The van der Waals surface area contributed by atoms with Crippen molar-refractivity contribution in [2.75, 3.05) is 32.8 Å². The largest absolute Gasteiger partial charge is 0.378 e. The Balaban J connectivity index is 1.74. The minimum absolute atomic E-state index is 0.0504. The molecule has 20 heavy (non-hydrogen) atoms. The van der Waals surface area contributed by atoms with E-state index in [0.29, 0.717) is 32.7 Å². The van der Waals surface area contributed by atoms with Crippen molar-refractivity contribution in [2.45, 2.75) is 13.3 Å². The SMILES string of the molecule is Cc1ccc(CC(=O)NCC(=O)N2CCOCC2)cc1. The molecule has 0 aliphatic carbocycles. The Bertz CT molecular complexity index is 465. The van der Waals surface area contributed by atoms with Crippen molar-refractivity contribution in [1.29, 1.82) is 0 Å². The minimum Gasteiger partial charge on any atom is -0.378 e. The standard InChI is InChI=1S/C15H20N2O3/c1-12-2-4-13(5-3-12)10-14(18)16-11-15(19)17-6-8-20-9-7-17/h2-5H,6-11H2,1H3,(H,16,18). The first-order valence-electron chi connectivity index (χ1n) is 6.83. The average molecular weight is 276 g/mol. The monoisotopic (exact) mass is 276 g/mol. The molecule has 0 saturated carbocycles. The Morgan fingerprint density at radius 3 is 2.50 bits per heavy atom. The van der Waals surface area contributed by atoms with Gasteiger partial charge in [0.15, 0.2) is 0 Å². The number of benzene rings is 1. The van der Waals surface area contributed by atoms with Crippen molar-refractivity contribution in [3.05, 3.63) is 35.4 Å². The van der Waals surface area contributed by atoms with Crippen molar-refractivity contribution < 1.29 is 14.3 Å². The van der Waals surface area contributed by atoms with Gasteiger partial charge in [0.25, 0.3) is 0 Å². The lowest BCUT2D eigenvalue weighted by Crippen LogP contribution is -2.45. The van der Waals surface area contributed by atoms with E-state index in [9.17, 15) is 9.59 Å². The van der Waals surface area contributed by atoms with Crippen LogP contribution in [0.3, 0.4) is 0 Å². The molecule has 1 saturated heterocycles. The summed E-state index contributed by atoms with van der Waals surface area (Å²) in [6.07, 6.45) is 0.302. The van der Waals surface area contributed by atoms with Gasteiger partial charge in [0.1, 0.15) is 0 Å². The van der Waals surface area contributed by atoms with E-state index in [4.69, 9.17) is 4.74 Å². The van der Waals surface area contributed by atoms with Gasteiger partial charge in [0.2, 0.25) is 11.8 Å². The number of nitrogens with zero attached hydrogens (tertiary/aromatic N) is 1. The smallest absolute Gasteiger partial charge is 0.242 e. The third-order valence-electron chi connectivity index (χ3n) is 3.29. The summed E-state index contributed by atoms with van der Waals surface area (Å²) in [5, 5.41) is 2.67. The lowest BCUT2D eigenvalue weighted by Gasteiger charge is -2.26. The van der Waals surface area contributed by atoms with Gasteiger partial charge in [-0.1, -0.05) is 29.8 Å². The number of carbonyl (C=O) groups is 2. The number of rotatable bonds is 4. The van der Waals surface area contributed by atoms with Crippen LogP contribution in [0.15, 0.2) is 24.3 Å². The number of hydrogen-bond donors (Lipinski definition) is 1. The zero-order valence-electron chi connectivity index (χ0n) is 11.7. The first-order chi connectivity index (χ1) is 9.65. The summed E-state index contributed by atoms with van der Waals surface area (Å²) in [4.78, 5) is 25.4. The number of nitrogens with one attached hydrogen (secondary N) is 1. The topological polar surface area (TPSA) is 58.6 Å². The average Bonchev–Trinajstić information content (AvgIpc) is 2.48. The van der Waals surface area contributed by atoms with Gasteiger partial charge in [-0.3, -0.25) is 9.59 Å². The van der Waals surface area contributed by atoms with Crippen LogP contribution in [0.1, 0.15) is 11.1 Å². The van der Waals surface area contributed by atoms with Crippen LogP contribution in [0.4, 0.5) is 0 Å². The molecule has 0 bridgehead atoms. The van der Waals surface area contributed by atoms with Gasteiger partial charge < -0.3 is 15.0 Å². The van der Waals surface area contributed by atoms with Gasteiger partial charge in [-0.2, -0.15) is 0 Å². The number of aryl methyl sites for hydroxylation is 1. The highest BCUT2D eigenvalue weighted by Gasteiger charge is 2.17. The molecule has 0 radical (unpaired) electrons. The molecule has 1 aliphatic heterocycles. The third-order valence-corrected chi connectivity index (χ3v) is 3.29. The Morgan fingerprint density at radius 1 is 1.20 bits per heavy atom. The number of hydrogen-bond acceptors (Lipinski definition) is 3. The van der Waals surface area contributed by atoms with Gasteiger partial charge >= 0.3 is 0 Å². The second kappa shape index (κ2) is 7.05. The van der Waals surface area contributed by atoms with E-state index in [0.717, 1.165) is 11.1 Å². The van der Waals surface area contributed by atoms with Crippen molar-refractivity contribution in [2.24, 2.45) is 0 Å². The van der Waals surface area contributed by atoms with Crippen LogP contribution in [0.25, 0.3) is 0 Å². The van der Waals surface area contributed by atoms with E-state index in [1.807, 2.05) is 31.2 Å². The molecule has 0 unspecified atom stereocenters. The highest BCUT2D eigenvalue weighted by atomic mass is 16.5. The fourth-order valence-electron chi connectivity index (χ4n) is 2.05. The second-order valence-corrected chi connectivity index (χ2v) is 4.93. The molecule has 0 atom stereocenters. The number of morpholine rings is 1. The van der Waals surface area contributed by atoms with Crippen LogP contribution < -0.4 is 5.32 Å². The fourth-order valence-corrected chi connectivity index (χ4v) is 2.05. The molecular weight excluding hydrogens is 256 g/mol. The normalized spacial score (nSPS) is 14.9.